The smallest absolute Gasteiger partial charge is 0.191 e. The second kappa shape index (κ2) is 8.40. The molecule has 0 unspecified atom stereocenters. The van der Waals surface area contributed by atoms with Gasteiger partial charge in [0.1, 0.15) is 5.75 Å². The second-order valence-corrected chi connectivity index (χ2v) is 4.24. The summed E-state index contributed by atoms with van der Waals surface area (Å²) in [7, 11) is 0. The maximum Gasteiger partial charge on any atom is 0.191 e. The first-order valence-corrected chi connectivity index (χ1v) is 6.97. The number of aliphatic imine (C=N–C) groups is 1. The van der Waals surface area contributed by atoms with Gasteiger partial charge in [-0.05, 0) is 44.9 Å². The van der Waals surface area contributed by atoms with Crippen molar-refractivity contribution >= 4 is 5.96 Å². The largest absolute Gasteiger partial charge is 0.494 e. The van der Waals surface area contributed by atoms with Crippen LogP contribution in [0.1, 0.15) is 26.3 Å². The average Bonchev–Trinajstić information content (AvgIpc) is 2.41. The lowest BCUT2D eigenvalue weighted by Gasteiger charge is -2.19. The third kappa shape index (κ3) is 5.20. The summed E-state index contributed by atoms with van der Waals surface area (Å²) < 4.78 is 5.48. The Labute approximate surface area is 116 Å². The van der Waals surface area contributed by atoms with Gasteiger partial charge in [-0.15, -0.1) is 0 Å². The topological polar surface area (TPSA) is 50.9 Å². The van der Waals surface area contributed by atoms with E-state index >= 15 is 0 Å². The molecule has 0 aliphatic rings. The van der Waals surface area contributed by atoms with Crippen molar-refractivity contribution in [1.29, 1.82) is 0 Å². The van der Waals surface area contributed by atoms with E-state index in [9.17, 15) is 0 Å². The molecule has 0 saturated carbocycles. The highest BCUT2D eigenvalue weighted by Crippen LogP contribution is 2.13. The van der Waals surface area contributed by atoms with Gasteiger partial charge in [0.2, 0.25) is 0 Å². The van der Waals surface area contributed by atoms with E-state index < -0.39 is 0 Å². The molecule has 0 bridgehead atoms. The molecule has 0 aliphatic carbocycles. The zero-order valence-corrected chi connectivity index (χ0v) is 12.2. The van der Waals surface area contributed by atoms with E-state index in [1.165, 1.54) is 5.56 Å². The van der Waals surface area contributed by atoms with Gasteiger partial charge in [0.15, 0.2) is 5.96 Å². The lowest BCUT2D eigenvalue weighted by Crippen LogP contribution is -2.37. The molecule has 0 aromatic heterocycles. The highest BCUT2D eigenvalue weighted by molar-refractivity contribution is 5.77. The third-order valence-corrected chi connectivity index (χ3v) is 2.97. The van der Waals surface area contributed by atoms with Gasteiger partial charge in [0.05, 0.1) is 6.61 Å². The molecule has 0 amide bonds. The number of hydrogen-bond donors (Lipinski definition) is 1. The maximum absolute atomic E-state index is 5.93. The minimum Gasteiger partial charge on any atom is -0.494 e. The first-order valence-electron chi connectivity index (χ1n) is 6.97. The molecule has 1 rings (SSSR count). The zero-order valence-electron chi connectivity index (χ0n) is 12.2. The van der Waals surface area contributed by atoms with E-state index in [0.29, 0.717) is 19.1 Å². The van der Waals surface area contributed by atoms with Gasteiger partial charge >= 0.3 is 0 Å². The molecule has 0 radical (unpaired) electrons. The van der Waals surface area contributed by atoms with E-state index in [4.69, 9.17) is 10.5 Å². The van der Waals surface area contributed by atoms with Crippen LogP contribution in [0.2, 0.25) is 0 Å². The van der Waals surface area contributed by atoms with Gasteiger partial charge in [-0.1, -0.05) is 12.1 Å². The van der Waals surface area contributed by atoms with Gasteiger partial charge in [-0.25, -0.2) is 0 Å². The maximum atomic E-state index is 5.93. The third-order valence-electron chi connectivity index (χ3n) is 2.97. The minimum atomic E-state index is 0.631. The Hall–Kier alpha value is -1.71. The summed E-state index contributed by atoms with van der Waals surface area (Å²) in [5.74, 6) is 1.55. The van der Waals surface area contributed by atoms with Crippen molar-refractivity contribution in [3.63, 3.8) is 0 Å². The number of ether oxygens (including phenoxy) is 1. The van der Waals surface area contributed by atoms with Crippen molar-refractivity contribution in [2.24, 2.45) is 10.7 Å². The highest BCUT2D eigenvalue weighted by Gasteiger charge is 2.01. The molecule has 1 aromatic rings. The zero-order chi connectivity index (χ0) is 14.1. The quantitative estimate of drug-likeness (QED) is 0.606. The molecular weight excluding hydrogens is 238 g/mol. The number of guanidine groups is 1. The van der Waals surface area contributed by atoms with Crippen molar-refractivity contribution in [3.05, 3.63) is 29.8 Å². The van der Waals surface area contributed by atoms with Crippen molar-refractivity contribution in [1.82, 2.24) is 4.90 Å². The van der Waals surface area contributed by atoms with Crippen molar-refractivity contribution in [3.8, 4) is 5.75 Å². The predicted octanol–water partition coefficient (Wildman–Crippen LogP) is 2.28. The fourth-order valence-corrected chi connectivity index (χ4v) is 1.90. The molecule has 4 nitrogen and oxygen atoms in total. The fraction of sp³-hybridized carbons (Fsp3) is 0.533. The minimum absolute atomic E-state index is 0.631. The second-order valence-electron chi connectivity index (χ2n) is 4.24. The van der Waals surface area contributed by atoms with Crippen molar-refractivity contribution < 1.29 is 4.74 Å². The summed E-state index contributed by atoms with van der Waals surface area (Å²) in [6, 6.07) is 8.14. The van der Waals surface area contributed by atoms with Crippen LogP contribution in [-0.2, 0) is 6.42 Å². The molecule has 0 aliphatic heterocycles. The van der Waals surface area contributed by atoms with E-state index in [2.05, 4.69) is 35.9 Å². The van der Waals surface area contributed by atoms with Gasteiger partial charge in [0.25, 0.3) is 0 Å². The van der Waals surface area contributed by atoms with E-state index in [-0.39, 0.29) is 0 Å². The lowest BCUT2D eigenvalue weighted by molar-refractivity contribution is 0.340. The average molecular weight is 263 g/mol. The number of nitrogens with zero attached hydrogens (tertiary/aromatic N) is 2. The molecule has 0 atom stereocenters. The summed E-state index contributed by atoms with van der Waals surface area (Å²) >= 11 is 0. The van der Waals surface area contributed by atoms with Gasteiger partial charge in [-0.3, -0.25) is 4.99 Å². The highest BCUT2D eigenvalue weighted by atomic mass is 16.5. The summed E-state index contributed by atoms with van der Waals surface area (Å²) in [4.78, 5) is 6.47. The lowest BCUT2D eigenvalue weighted by atomic mass is 10.1. The van der Waals surface area contributed by atoms with E-state index in [1.807, 2.05) is 19.1 Å². The first-order chi connectivity index (χ1) is 9.21. The number of hydrogen-bond acceptors (Lipinski definition) is 2. The van der Waals surface area contributed by atoms with Gasteiger partial charge < -0.3 is 15.4 Å². The van der Waals surface area contributed by atoms with Gasteiger partial charge in [-0.2, -0.15) is 0 Å². The molecule has 0 spiro atoms. The van der Waals surface area contributed by atoms with Crippen LogP contribution in [-0.4, -0.2) is 37.1 Å². The predicted molar refractivity (Wildman–Crippen MR) is 80.7 cm³/mol. The molecule has 2 N–H and O–H groups in total. The molecular formula is C15H25N3O. The number of benzene rings is 1. The molecule has 106 valence electrons. The summed E-state index contributed by atoms with van der Waals surface area (Å²) in [6.07, 6.45) is 0.878. The van der Waals surface area contributed by atoms with Crippen LogP contribution < -0.4 is 10.5 Å². The van der Waals surface area contributed by atoms with Crippen LogP contribution >= 0.6 is 0 Å². The van der Waals surface area contributed by atoms with Crippen LogP contribution in [0.3, 0.4) is 0 Å². The molecule has 4 heteroatoms. The Kier molecular flexibility index (Phi) is 6.79. The Morgan fingerprint density at radius 1 is 1.26 bits per heavy atom. The van der Waals surface area contributed by atoms with Crippen LogP contribution in [0.25, 0.3) is 0 Å². The molecule has 1 aromatic carbocycles. The van der Waals surface area contributed by atoms with E-state index in [1.54, 1.807) is 0 Å². The summed E-state index contributed by atoms with van der Waals surface area (Å²) in [6.45, 7) is 9.34. The van der Waals surface area contributed by atoms with Crippen molar-refractivity contribution in [2.45, 2.75) is 27.2 Å². The molecule has 0 heterocycles. The van der Waals surface area contributed by atoms with Crippen molar-refractivity contribution in [2.75, 3.05) is 26.2 Å². The van der Waals surface area contributed by atoms with Crippen LogP contribution in [0.15, 0.2) is 29.3 Å². The van der Waals surface area contributed by atoms with E-state index in [0.717, 1.165) is 25.3 Å². The fourth-order valence-electron chi connectivity index (χ4n) is 1.90. The Morgan fingerprint density at radius 2 is 2.00 bits per heavy atom. The Morgan fingerprint density at radius 3 is 2.63 bits per heavy atom. The number of nitrogens with two attached hydrogens (primary N) is 1. The van der Waals surface area contributed by atoms with Crippen LogP contribution in [0, 0.1) is 0 Å². The summed E-state index contributed by atoms with van der Waals surface area (Å²) in [5, 5.41) is 0. The first kappa shape index (κ1) is 15.3. The normalized spacial score (nSPS) is 11.4. The monoisotopic (exact) mass is 263 g/mol. The molecule has 0 fully saturated rings. The Balaban J connectivity index is 2.52. The van der Waals surface area contributed by atoms with Crippen LogP contribution in [0.5, 0.6) is 5.75 Å². The van der Waals surface area contributed by atoms with Crippen LogP contribution in [0.4, 0.5) is 0 Å². The number of rotatable bonds is 7. The summed E-state index contributed by atoms with van der Waals surface area (Å²) in [5.41, 5.74) is 7.16. The molecule has 0 saturated heterocycles. The Bertz CT molecular complexity index is 400. The van der Waals surface area contributed by atoms with Gasteiger partial charge in [0, 0.05) is 19.6 Å². The molecule has 19 heavy (non-hydrogen) atoms. The SMILES string of the molecule is CCOc1cccc(CCN=C(N)N(CC)CC)c1. The standard InChI is InChI=1S/C15H25N3O/c1-4-18(5-2)15(16)17-11-10-13-8-7-9-14(12-13)19-6-3/h7-9,12H,4-6,10-11H2,1-3H3,(H2,16,17).